The maximum atomic E-state index is 11.6. The molecule has 136 valence electrons. The number of primary amides is 1. The fourth-order valence-electron chi connectivity index (χ4n) is 4.35. The Balaban J connectivity index is 0.00000182. The van der Waals surface area contributed by atoms with E-state index in [2.05, 4.69) is 21.8 Å². The van der Waals surface area contributed by atoms with Gasteiger partial charge in [-0.25, -0.2) is 0 Å². The molecule has 2 aliphatic heterocycles. The Morgan fingerprint density at radius 2 is 2.00 bits per heavy atom. The second-order valence-electron chi connectivity index (χ2n) is 7.15. The van der Waals surface area contributed by atoms with E-state index in [-0.39, 0.29) is 12.4 Å². The minimum Gasteiger partial charge on any atom is -0.423 e. The summed E-state index contributed by atoms with van der Waals surface area (Å²) in [6.07, 6.45) is 6.14. The minimum atomic E-state index is -0.475. The van der Waals surface area contributed by atoms with Crippen LogP contribution in [-0.4, -0.2) is 48.0 Å². The molecule has 1 amide bonds. The summed E-state index contributed by atoms with van der Waals surface area (Å²) in [5, 5.41) is 0. The molecule has 0 aliphatic carbocycles. The van der Waals surface area contributed by atoms with E-state index < -0.39 is 5.91 Å². The molecular formula is C18H25ClN4O2. The van der Waals surface area contributed by atoms with E-state index in [4.69, 9.17) is 10.2 Å². The highest BCUT2D eigenvalue weighted by molar-refractivity contribution is 6.03. The maximum Gasteiger partial charge on any atom is 0.298 e. The average molecular weight is 365 g/mol. The summed E-state index contributed by atoms with van der Waals surface area (Å²) in [4.78, 5) is 20.8. The number of para-hydroxylation sites is 1. The molecular weight excluding hydrogens is 340 g/mol. The van der Waals surface area contributed by atoms with Crippen molar-refractivity contribution < 1.29 is 9.21 Å². The summed E-state index contributed by atoms with van der Waals surface area (Å²) in [7, 11) is 4.30. The van der Waals surface area contributed by atoms with E-state index in [0.717, 1.165) is 12.8 Å². The fraction of sp³-hybridized carbons (Fsp3) is 0.556. The lowest BCUT2D eigenvalue weighted by Gasteiger charge is -2.48. The van der Waals surface area contributed by atoms with Gasteiger partial charge in [-0.05, 0) is 44.9 Å². The van der Waals surface area contributed by atoms with Gasteiger partial charge in [-0.15, -0.1) is 12.4 Å². The molecule has 2 bridgehead atoms. The van der Waals surface area contributed by atoms with Gasteiger partial charge < -0.3 is 20.0 Å². The zero-order valence-electron chi connectivity index (χ0n) is 14.6. The lowest BCUT2D eigenvalue weighted by molar-refractivity contribution is 0.0552. The first-order valence-corrected chi connectivity index (χ1v) is 8.68. The van der Waals surface area contributed by atoms with Crippen LogP contribution in [0.25, 0.3) is 11.1 Å². The first-order valence-electron chi connectivity index (χ1n) is 8.68. The van der Waals surface area contributed by atoms with Crippen LogP contribution in [0.5, 0.6) is 0 Å². The highest BCUT2D eigenvalue weighted by atomic mass is 35.5. The maximum absolute atomic E-state index is 11.6. The number of nitrogens with two attached hydrogens (primary N) is 1. The number of nitrogens with zero attached hydrogens (tertiary/aromatic N) is 3. The van der Waals surface area contributed by atoms with Gasteiger partial charge in [0.25, 0.3) is 11.9 Å². The van der Waals surface area contributed by atoms with Gasteiger partial charge in [0.2, 0.25) is 0 Å². The molecule has 1 aromatic carbocycles. The molecule has 0 saturated carbocycles. The quantitative estimate of drug-likeness (QED) is 0.906. The number of halogens is 1. The largest absolute Gasteiger partial charge is 0.423 e. The summed E-state index contributed by atoms with van der Waals surface area (Å²) in [6, 6.07) is 7.59. The number of oxazole rings is 1. The molecule has 2 fully saturated rings. The van der Waals surface area contributed by atoms with Crippen molar-refractivity contribution in [3.63, 3.8) is 0 Å². The number of benzene rings is 1. The lowest BCUT2D eigenvalue weighted by Crippen LogP contribution is -2.54. The average Bonchev–Trinajstić information content (AvgIpc) is 2.97. The zero-order chi connectivity index (χ0) is 16.8. The van der Waals surface area contributed by atoms with Gasteiger partial charge in [-0.1, -0.05) is 12.5 Å². The molecule has 2 N–H and O–H groups in total. The number of piperidine rings is 2. The summed E-state index contributed by atoms with van der Waals surface area (Å²) in [5.41, 5.74) is 7.03. The molecule has 25 heavy (non-hydrogen) atoms. The Bertz CT molecular complexity index is 764. The van der Waals surface area contributed by atoms with Crippen molar-refractivity contribution in [1.82, 2.24) is 9.88 Å². The van der Waals surface area contributed by atoms with Crippen molar-refractivity contribution in [2.24, 2.45) is 5.73 Å². The van der Waals surface area contributed by atoms with E-state index in [1.165, 1.54) is 19.3 Å². The number of amides is 1. The van der Waals surface area contributed by atoms with Crippen LogP contribution in [0.4, 0.5) is 6.01 Å². The molecule has 6 nitrogen and oxygen atoms in total. The van der Waals surface area contributed by atoms with Crippen molar-refractivity contribution in [3.05, 3.63) is 23.8 Å². The molecule has 2 atom stereocenters. The molecule has 2 aliphatic rings. The van der Waals surface area contributed by atoms with E-state index in [1.807, 2.05) is 13.1 Å². The highest BCUT2D eigenvalue weighted by Gasteiger charge is 2.38. The smallest absolute Gasteiger partial charge is 0.298 e. The topological polar surface area (TPSA) is 75.6 Å². The van der Waals surface area contributed by atoms with Crippen LogP contribution in [0.1, 0.15) is 42.5 Å². The van der Waals surface area contributed by atoms with Gasteiger partial charge in [-0.3, -0.25) is 4.79 Å². The Labute approximate surface area is 153 Å². The third-order valence-corrected chi connectivity index (χ3v) is 5.84. The van der Waals surface area contributed by atoms with Crippen LogP contribution >= 0.6 is 12.4 Å². The van der Waals surface area contributed by atoms with Crippen LogP contribution in [0.3, 0.4) is 0 Å². The van der Waals surface area contributed by atoms with Crippen LogP contribution in [0, 0.1) is 0 Å². The zero-order valence-corrected chi connectivity index (χ0v) is 15.5. The third kappa shape index (κ3) is 3.09. The number of hydrogen-bond donors (Lipinski definition) is 1. The van der Waals surface area contributed by atoms with Crippen LogP contribution in [-0.2, 0) is 0 Å². The lowest BCUT2D eigenvalue weighted by atomic mass is 9.82. The normalized spacial score (nSPS) is 26.2. The van der Waals surface area contributed by atoms with Crippen LogP contribution < -0.4 is 10.6 Å². The number of anilines is 1. The van der Waals surface area contributed by atoms with Gasteiger partial charge in [0.05, 0.1) is 5.56 Å². The van der Waals surface area contributed by atoms with E-state index in [9.17, 15) is 4.79 Å². The monoisotopic (exact) mass is 364 g/mol. The first-order chi connectivity index (χ1) is 11.5. The van der Waals surface area contributed by atoms with Crippen molar-refractivity contribution in [2.45, 2.75) is 50.2 Å². The number of hydrogen-bond acceptors (Lipinski definition) is 5. The van der Waals surface area contributed by atoms with Crippen molar-refractivity contribution >= 4 is 35.4 Å². The number of aromatic nitrogens is 1. The Morgan fingerprint density at radius 3 is 2.64 bits per heavy atom. The number of fused-ring (bicyclic) bond motifs is 3. The summed E-state index contributed by atoms with van der Waals surface area (Å²) < 4.78 is 5.92. The summed E-state index contributed by atoms with van der Waals surface area (Å²) in [5.74, 6) is -0.475. The molecule has 0 radical (unpaired) electrons. The minimum absolute atomic E-state index is 0. The van der Waals surface area contributed by atoms with Gasteiger partial charge in [-0.2, -0.15) is 4.98 Å². The SMILES string of the molecule is CN(c1nc2c(C(N)=O)cccc2o1)C1CC2CCCC(C1)N2C.Cl. The van der Waals surface area contributed by atoms with E-state index >= 15 is 0 Å². The molecule has 2 saturated heterocycles. The van der Waals surface area contributed by atoms with Gasteiger partial charge >= 0.3 is 0 Å². The molecule has 2 unspecified atom stereocenters. The van der Waals surface area contributed by atoms with Crippen LogP contribution in [0.15, 0.2) is 22.6 Å². The first kappa shape index (κ1) is 18.0. The van der Waals surface area contributed by atoms with Gasteiger partial charge in [0.15, 0.2) is 5.58 Å². The fourth-order valence-corrected chi connectivity index (χ4v) is 4.35. The number of rotatable bonds is 3. The van der Waals surface area contributed by atoms with Crippen LogP contribution in [0.2, 0.25) is 0 Å². The molecule has 7 heteroatoms. The molecule has 1 aromatic heterocycles. The van der Waals surface area contributed by atoms with E-state index in [1.54, 1.807) is 12.1 Å². The molecule has 3 heterocycles. The second kappa shape index (κ2) is 6.84. The summed E-state index contributed by atoms with van der Waals surface area (Å²) in [6.45, 7) is 0. The van der Waals surface area contributed by atoms with Gasteiger partial charge in [0.1, 0.15) is 5.52 Å². The van der Waals surface area contributed by atoms with Gasteiger partial charge in [0, 0.05) is 25.2 Å². The van der Waals surface area contributed by atoms with Crippen molar-refractivity contribution in [3.8, 4) is 0 Å². The van der Waals surface area contributed by atoms with E-state index in [0.29, 0.717) is 40.8 Å². The summed E-state index contributed by atoms with van der Waals surface area (Å²) >= 11 is 0. The number of carbonyl (C=O) groups excluding carboxylic acids is 1. The predicted molar refractivity (Wildman–Crippen MR) is 100 cm³/mol. The second-order valence-corrected chi connectivity index (χ2v) is 7.15. The molecule has 2 aromatic rings. The Morgan fingerprint density at radius 1 is 1.32 bits per heavy atom. The third-order valence-electron chi connectivity index (χ3n) is 5.84. The Kier molecular flexibility index (Phi) is 4.93. The molecule has 4 rings (SSSR count). The highest BCUT2D eigenvalue weighted by Crippen LogP contribution is 2.36. The Hall–Kier alpha value is -1.79. The molecule has 0 spiro atoms. The standard InChI is InChI=1S/C18H24N4O2.ClH/c1-21-11-5-3-6-12(21)10-13(9-11)22(2)18-20-16-14(17(19)23)7-4-8-15(16)24-18;/h4,7-8,11-13H,3,5-6,9-10H2,1-2H3,(H2,19,23);1H. The predicted octanol–water partition coefficient (Wildman–Crippen LogP) is 2.80. The van der Waals surface area contributed by atoms with Crippen molar-refractivity contribution in [2.75, 3.05) is 19.0 Å². The van der Waals surface area contributed by atoms with Crippen molar-refractivity contribution in [1.29, 1.82) is 0 Å². The number of carbonyl (C=O) groups is 1.